The molecule has 1 unspecified atom stereocenters. The maximum atomic E-state index is 12.3. The van der Waals surface area contributed by atoms with Gasteiger partial charge in [-0.2, -0.15) is 0 Å². The molecule has 1 saturated carbocycles. The quantitative estimate of drug-likeness (QED) is 0.776. The zero-order valence-electron chi connectivity index (χ0n) is 10.8. The molecule has 18 heavy (non-hydrogen) atoms. The lowest BCUT2D eigenvalue weighted by Gasteiger charge is -2.34. The SMILES string of the molecule is CCCCC1C(=O)NC(=O)N(C2CCCC2)C1=O. The first kappa shape index (κ1) is 13.1. The van der Waals surface area contributed by atoms with Gasteiger partial charge in [-0.05, 0) is 19.3 Å². The van der Waals surface area contributed by atoms with Gasteiger partial charge in [-0.15, -0.1) is 0 Å². The molecule has 1 atom stereocenters. The Bertz CT molecular complexity index is 361. The highest BCUT2D eigenvalue weighted by molar-refractivity contribution is 6.16. The predicted octanol–water partition coefficient (Wildman–Crippen LogP) is 1.81. The monoisotopic (exact) mass is 252 g/mol. The minimum absolute atomic E-state index is 0.00488. The molecule has 1 N–H and O–H groups in total. The highest BCUT2D eigenvalue weighted by Crippen LogP contribution is 2.27. The van der Waals surface area contributed by atoms with Crippen molar-refractivity contribution in [1.29, 1.82) is 0 Å². The van der Waals surface area contributed by atoms with Crippen molar-refractivity contribution in [1.82, 2.24) is 10.2 Å². The van der Waals surface area contributed by atoms with Gasteiger partial charge in [-0.3, -0.25) is 19.8 Å². The Morgan fingerprint density at radius 1 is 1.22 bits per heavy atom. The molecule has 1 saturated heterocycles. The van der Waals surface area contributed by atoms with Crippen LogP contribution < -0.4 is 5.32 Å². The molecule has 2 rings (SSSR count). The van der Waals surface area contributed by atoms with Gasteiger partial charge in [0.05, 0.1) is 0 Å². The van der Waals surface area contributed by atoms with Crippen LogP contribution in [0.25, 0.3) is 0 Å². The number of carbonyl (C=O) groups is 3. The summed E-state index contributed by atoms with van der Waals surface area (Å²) in [6.45, 7) is 2.02. The van der Waals surface area contributed by atoms with Gasteiger partial charge in [0.15, 0.2) is 0 Å². The number of carbonyl (C=O) groups excluding carboxylic acids is 3. The van der Waals surface area contributed by atoms with Crippen LogP contribution >= 0.6 is 0 Å². The standard InChI is InChI=1S/C13H20N2O3/c1-2-3-8-10-11(16)14-13(18)15(12(10)17)9-6-4-5-7-9/h9-10H,2-8H2,1H3,(H,14,16,18). The first-order valence-corrected chi connectivity index (χ1v) is 6.83. The number of imide groups is 2. The Kier molecular flexibility index (Phi) is 3.99. The molecule has 0 aromatic rings. The molecule has 0 aromatic heterocycles. The normalized spacial score (nSPS) is 25.7. The van der Waals surface area contributed by atoms with E-state index in [0.29, 0.717) is 6.42 Å². The Morgan fingerprint density at radius 2 is 1.89 bits per heavy atom. The van der Waals surface area contributed by atoms with Crippen molar-refractivity contribution < 1.29 is 14.4 Å². The van der Waals surface area contributed by atoms with E-state index >= 15 is 0 Å². The molecule has 1 heterocycles. The molecule has 0 aromatic carbocycles. The fourth-order valence-corrected chi connectivity index (χ4v) is 2.80. The molecular formula is C13H20N2O3. The average molecular weight is 252 g/mol. The number of barbiturate groups is 1. The summed E-state index contributed by atoms with van der Waals surface area (Å²) in [5.74, 6) is -1.37. The van der Waals surface area contributed by atoms with Gasteiger partial charge in [0, 0.05) is 6.04 Å². The molecule has 2 aliphatic rings. The fraction of sp³-hybridized carbons (Fsp3) is 0.769. The smallest absolute Gasteiger partial charge is 0.277 e. The lowest BCUT2D eigenvalue weighted by atomic mass is 9.96. The zero-order chi connectivity index (χ0) is 13.1. The van der Waals surface area contributed by atoms with E-state index in [1.165, 1.54) is 4.90 Å². The summed E-state index contributed by atoms with van der Waals surface area (Å²) in [6, 6.07) is -0.528. The average Bonchev–Trinajstić information content (AvgIpc) is 2.82. The Hall–Kier alpha value is -1.39. The van der Waals surface area contributed by atoms with Gasteiger partial charge in [0.25, 0.3) is 0 Å². The van der Waals surface area contributed by atoms with E-state index in [2.05, 4.69) is 5.32 Å². The van der Waals surface area contributed by atoms with E-state index in [1.807, 2.05) is 6.92 Å². The third kappa shape index (κ3) is 2.40. The molecule has 4 amide bonds. The molecule has 5 heteroatoms. The minimum atomic E-state index is -0.664. The van der Waals surface area contributed by atoms with Gasteiger partial charge in [-0.1, -0.05) is 32.6 Å². The van der Waals surface area contributed by atoms with Crippen molar-refractivity contribution in [2.75, 3.05) is 0 Å². The van der Waals surface area contributed by atoms with Gasteiger partial charge in [-0.25, -0.2) is 4.79 Å². The van der Waals surface area contributed by atoms with E-state index in [4.69, 9.17) is 0 Å². The van der Waals surface area contributed by atoms with Crippen molar-refractivity contribution in [2.45, 2.75) is 57.9 Å². The highest BCUT2D eigenvalue weighted by Gasteiger charge is 2.43. The van der Waals surface area contributed by atoms with Crippen molar-refractivity contribution in [2.24, 2.45) is 5.92 Å². The molecule has 5 nitrogen and oxygen atoms in total. The fourth-order valence-electron chi connectivity index (χ4n) is 2.80. The third-order valence-corrected chi connectivity index (χ3v) is 3.84. The largest absolute Gasteiger partial charge is 0.331 e. The predicted molar refractivity (Wildman–Crippen MR) is 65.7 cm³/mol. The summed E-state index contributed by atoms with van der Waals surface area (Å²) in [7, 11) is 0. The summed E-state index contributed by atoms with van der Waals surface area (Å²) < 4.78 is 0. The molecule has 100 valence electrons. The van der Waals surface area contributed by atoms with E-state index in [1.54, 1.807) is 0 Å². The molecule has 2 fully saturated rings. The van der Waals surface area contributed by atoms with Crippen LogP contribution in [0.4, 0.5) is 4.79 Å². The highest BCUT2D eigenvalue weighted by atomic mass is 16.2. The summed E-state index contributed by atoms with van der Waals surface area (Å²) in [6.07, 6.45) is 6.15. The van der Waals surface area contributed by atoms with E-state index < -0.39 is 17.9 Å². The van der Waals surface area contributed by atoms with E-state index in [9.17, 15) is 14.4 Å². The topological polar surface area (TPSA) is 66.5 Å². The maximum Gasteiger partial charge on any atom is 0.331 e. The minimum Gasteiger partial charge on any atom is -0.277 e. The number of rotatable bonds is 4. The summed E-state index contributed by atoms with van der Waals surface area (Å²) in [5.41, 5.74) is 0. The molecule has 0 spiro atoms. The number of nitrogens with zero attached hydrogens (tertiary/aromatic N) is 1. The van der Waals surface area contributed by atoms with Gasteiger partial charge in [0.1, 0.15) is 5.92 Å². The van der Waals surface area contributed by atoms with Gasteiger partial charge in [0.2, 0.25) is 11.8 Å². The first-order valence-electron chi connectivity index (χ1n) is 6.83. The molecule has 0 bridgehead atoms. The van der Waals surface area contributed by atoms with Crippen molar-refractivity contribution in [3.05, 3.63) is 0 Å². The second-order valence-electron chi connectivity index (χ2n) is 5.14. The number of hydrogen-bond donors (Lipinski definition) is 1. The number of urea groups is 1. The van der Waals surface area contributed by atoms with Crippen LogP contribution in [-0.4, -0.2) is 28.8 Å². The Balaban J connectivity index is 2.11. The van der Waals surface area contributed by atoms with Crippen LogP contribution in [-0.2, 0) is 9.59 Å². The van der Waals surface area contributed by atoms with Gasteiger partial charge >= 0.3 is 6.03 Å². The summed E-state index contributed by atoms with van der Waals surface area (Å²) in [4.78, 5) is 37.1. The number of hydrogen-bond acceptors (Lipinski definition) is 3. The summed E-state index contributed by atoms with van der Waals surface area (Å²) in [5, 5.41) is 2.32. The van der Waals surface area contributed by atoms with Crippen molar-refractivity contribution in [3.63, 3.8) is 0 Å². The number of nitrogens with one attached hydrogen (secondary N) is 1. The molecule has 1 aliphatic carbocycles. The Morgan fingerprint density at radius 3 is 2.50 bits per heavy atom. The van der Waals surface area contributed by atoms with Crippen LogP contribution in [0.1, 0.15) is 51.9 Å². The van der Waals surface area contributed by atoms with E-state index in [0.717, 1.165) is 38.5 Å². The van der Waals surface area contributed by atoms with Crippen LogP contribution in [0, 0.1) is 5.92 Å². The van der Waals surface area contributed by atoms with E-state index in [-0.39, 0.29) is 11.9 Å². The second kappa shape index (κ2) is 5.50. The lowest BCUT2D eigenvalue weighted by molar-refractivity contribution is -0.144. The zero-order valence-corrected chi connectivity index (χ0v) is 10.8. The van der Waals surface area contributed by atoms with Crippen molar-refractivity contribution in [3.8, 4) is 0 Å². The third-order valence-electron chi connectivity index (χ3n) is 3.84. The molecule has 1 aliphatic heterocycles. The maximum absolute atomic E-state index is 12.3. The van der Waals surface area contributed by atoms with Crippen LogP contribution in [0.3, 0.4) is 0 Å². The van der Waals surface area contributed by atoms with Crippen LogP contribution in [0.2, 0.25) is 0 Å². The first-order chi connectivity index (χ1) is 8.65. The summed E-state index contributed by atoms with van der Waals surface area (Å²) >= 11 is 0. The molecular weight excluding hydrogens is 232 g/mol. The number of amides is 4. The van der Waals surface area contributed by atoms with Crippen LogP contribution in [0.15, 0.2) is 0 Å². The second-order valence-corrected chi connectivity index (χ2v) is 5.14. The van der Waals surface area contributed by atoms with Crippen LogP contribution in [0.5, 0.6) is 0 Å². The Labute approximate surface area is 107 Å². The number of unbranched alkanes of at least 4 members (excludes halogenated alkanes) is 1. The lowest BCUT2D eigenvalue weighted by Crippen LogP contribution is -2.60. The van der Waals surface area contributed by atoms with Gasteiger partial charge < -0.3 is 0 Å². The molecule has 0 radical (unpaired) electrons. The van der Waals surface area contributed by atoms with Crippen molar-refractivity contribution >= 4 is 17.8 Å².